The molecule has 1 aliphatic carbocycles. The first-order valence-electron chi connectivity index (χ1n) is 13.1. The third kappa shape index (κ3) is 4.26. The van der Waals surface area contributed by atoms with E-state index in [1.54, 1.807) is 29.2 Å². The first-order valence-corrected chi connectivity index (χ1v) is 13.1. The molecular weight excluding hydrogens is 514 g/mol. The molecule has 0 saturated heterocycles. The summed E-state index contributed by atoms with van der Waals surface area (Å²) in [5, 5.41) is 7.48. The van der Waals surface area contributed by atoms with Crippen LogP contribution < -0.4 is 11.1 Å². The highest BCUT2D eigenvalue weighted by atomic mass is 16.1. The Hall–Kier alpha value is -5.82. The van der Waals surface area contributed by atoms with Gasteiger partial charge in [-0.25, -0.2) is 24.6 Å². The number of hydrogen-bond donors (Lipinski definition) is 2. The van der Waals surface area contributed by atoms with Gasteiger partial charge in [0.25, 0.3) is 5.91 Å². The molecular formula is C31H23N9O. The first kappa shape index (κ1) is 24.2. The van der Waals surface area contributed by atoms with Crippen molar-refractivity contribution in [3.05, 3.63) is 108 Å². The lowest BCUT2D eigenvalue weighted by Crippen LogP contribution is -2.27. The van der Waals surface area contributed by atoms with E-state index >= 15 is 0 Å². The Morgan fingerprint density at radius 3 is 2.76 bits per heavy atom. The van der Waals surface area contributed by atoms with Gasteiger partial charge in [-0.1, -0.05) is 12.0 Å². The molecule has 1 aromatic carbocycles. The quantitative estimate of drug-likeness (QED) is 0.318. The number of carbonyl (C=O) groups excluding carboxylic acids is 1. The van der Waals surface area contributed by atoms with Crippen LogP contribution in [0, 0.1) is 12.3 Å². The molecule has 1 amide bonds. The molecule has 1 aliphatic rings. The van der Waals surface area contributed by atoms with E-state index in [4.69, 9.17) is 22.1 Å². The number of fused-ring (bicyclic) bond motifs is 2. The van der Waals surface area contributed by atoms with Crippen LogP contribution in [0.4, 0.5) is 5.82 Å². The van der Waals surface area contributed by atoms with Crippen molar-refractivity contribution in [2.75, 3.05) is 5.73 Å². The number of rotatable bonds is 5. The van der Waals surface area contributed by atoms with E-state index in [2.05, 4.69) is 38.4 Å². The molecule has 0 radical (unpaired) electrons. The average Bonchev–Trinajstić information content (AvgIpc) is 3.76. The summed E-state index contributed by atoms with van der Waals surface area (Å²) in [5.41, 5.74) is 12.5. The maximum absolute atomic E-state index is 12.9. The predicted molar refractivity (Wildman–Crippen MR) is 154 cm³/mol. The molecule has 6 aromatic rings. The van der Waals surface area contributed by atoms with Crippen LogP contribution in [0.3, 0.4) is 0 Å². The highest BCUT2D eigenvalue weighted by Gasteiger charge is 2.26. The minimum atomic E-state index is -0.187. The van der Waals surface area contributed by atoms with Crippen molar-refractivity contribution in [1.29, 1.82) is 0 Å². The van der Waals surface area contributed by atoms with E-state index in [0.29, 0.717) is 45.4 Å². The molecule has 10 heteroatoms. The summed E-state index contributed by atoms with van der Waals surface area (Å²) >= 11 is 0. The zero-order chi connectivity index (χ0) is 27.9. The predicted octanol–water partition coefficient (Wildman–Crippen LogP) is 4.04. The first-order chi connectivity index (χ1) is 20.1. The molecule has 10 nitrogen and oxygen atoms in total. The average molecular weight is 538 g/mol. The molecule has 3 N–H and O–H groups in total. The third-order valence-corrected chi connectivity index (χ3v) is 7.25. The number of hydrogen-bond acceptors (Lipinski definition) is 7. The number of benzene rings is 1. The Morgan fingerprint density at radius 1 is 1.05 bits per heavy atom. The molecule has 0 unspecified atom stereocenters. The van der Waals surface area contributed by atoms with Gasteiger partial charge in [0.05, 0.1) is 17.2 Å². The molecule has 0 aliphatic heterocycles. The van der Waals surface area contributed by atoms with Crippen LogP contribution >= 0.6 is 0 Å². The van der Waals surface area contributed by atoms with Gasteiger partial charge in [0.15, 0.2) is 17.3 Å². The van der Waals surface area contributed by atoms with Crippen molar-refractivity contribution < 1.29 is 4.79 Å². The number of imidazole rings is 1. The minimum Gasteiger partial charge on any atom is -0.383 e. The van der Waals surface area contributed by atoms with E-state index in [1.807, 2.05) is 47.2 Å². The number of amides is 1. The number of nitrogens with one attached hydrogen (secondary N) is 1. The van der Waals surface area contributed by atoms with Crippen LogP contribution in [0.25, 0.3) is 34.1 Å². The monoisotopic (exact) mass is 537 g/mol. The SMILES string of the molecule is C#Cc1ccc(C(=O)N[C@H]2CCc3cc(-n4c(-c5cccnc5N)nc5ccc(-n6cccn6)nc54)ccc32)cn1. The van der Waals surface area contributed by atoms with Gasteiger partial charge >= 0.3 is 0 Å². The molecule has 0 saturated carbocycles. The van der Waals surface area contributed by atoms with Crippen LogP contribution in [0.1, 0.15) is 39.6 Å². The van der Waals surface area contributed by atoms with Gasteiger partial charge in [-0.2, -0.15) is 5.10 Å². The Kier molecular flexibility index (Phi) is 5.75. The lowest BCUT2D eigenvalue weighted by molar-refractivity contribution is 0.0936. The maximum atomic E-state index is 12.9. The highest BCUT2D eigenvalue weighted by Crippen LogP contribution is 2.36. The van der Waals surface area contributed by atoms with E-state index < -0.39 is 0 Å². The summed E-state index contributed by atoms with van der Waals surface area (Å²) in [5.74, 6) is 3.97. The number of pyridine rings is 3. The molecule has 7 rings (SSSR count). The summed E-state index contributed by atoms with van der Waals surface area (Å²) in [6.07, 6.45) is 13.7. The molecule has 198 valence electrons. The number of terminal acetylenes is 1. The summed E-state index contributed by atoms with van der Waals surface area (Å²) in [6, 6.07) is 18.8. The van der Waals surface area contributed by atoms with Crippen molar-refractivity contribution >= 4 is 22.9 Å². The molecule has 0 spiro atoms. The van der Waals surface area contributed by atoms with E-state index in [-0.39, 0.29) is 11.9 Å². The van der Waals surface area contributed by atoms with Crippen LogP contribution in [-0.4, -0.2) is 40.2 Å². The zero-order valence-electron chi connectivity index (χ0n) is 21.8. The molecule has 0 bridgehead atoms. The van der Waals surface area contributed by atoms with Crippen molar-refractivity contribution in [2.24, 2.45) is 0 Å². The Morgan fingerprint density at radius 2 is 1.98 bits per heavy atom. The highest BCUT2D eigenvalue weighted by molar-refractivity contribution is 5.94. The van der Waals surface area contributed by atoms with Gasteiger partial charge < -0.3 is 11.1 Å². The molecule has 1 atom stereocenters. The summed E-state index contributed by atoms with van der Waals surface area (Å²) in [4.78, 5) is 31.2. The Bertz CT molecular complexity index is 1970. The topological polar surface area (TPSA) is 129 Å². The standard InChI is InChI=1S/C31H23N9O/c1-2-21-8-6-20(18-34-21)31(41)37-25-11-7-19-17-22(9-10-23(19)25)40-29(24-5-3-14-33-28(24)32)36-26-12-13-27(38-30(26)40)39-16-4-15-35-39/h1,3-6,8-10,12-18,25H,7,11H2,(H2,32,33)(H,37,41)/t25-/m0/s1. The van der Waals surface area contributed by atoms with Gasteiger partial charge in [-0.15, -0.1) is 6.42 Å². The van der Waals surface area contributed by atoms with E-state index in [1.165, 1.54) is 6.20 Å². The van der Waals surface area contributed by atoms with Crippen LogP contribution in [0.15, 0.2) is 85.5 Å². The fourth-order valence-electron chi connectivity index (χ4n) is 5.26. The number of nitrogens with two attached hydrogens (primary N) is 1. The number of nitrogens with zero attached hydrogens (tertiary/aromatic N) is 7. The molecule has 41 heavy (non-hydrogen) atoms. The normalized spacial score (nSPS) is 14.1. The molecule has 5 heterocycles. The fraction of sp³-hybridized carbons (Fsp3) is 0.0968. The lowest BCUT2D eigenvalue weighted by atomic mass is 10.1. The number of nitrogen functional groups attached to an aromatic ring is 1. The van der Waals surface area contributed by atoms with Crippen molar-refractivity contribution in [3.63, 3.8) is 0 Å². The van der Waals surface area contributed by atoms with Crippen molar-refractivity contribution in [2.45, 2.75) is 18.9 Å². The van der Waals surface area contributed by atoms with Crippen molar-refractivity contribution in [3.8, 4) is 35.2 Å². The lowest BCUT2D eigenvalue weighted by Gasteiger charge is -2.16. The summed E-state index contributed by atoms with van der Waals surface area (Å²) < 4.78 is 3.71. The van der Waals surface area contributed by atoms with Crippen molar-refractivity contribution in [1.82, 2.24) is 39.6 Å². The van der Waals surface area contributed by atoms with Crippen LogP contribution in [-0.2, 0) is 6.42 Å². The van der Waals surface area contributed by atoms with Crippen LogP contribution in [0.5, 0.6) is 0 Å². The Labute approximate surface area is 234 Å². The zero-order valence-corrected chi connectivity index (χ0v) is 21.8. The van der Waals surface area contributed by atoms with Gasteiger partial charge in [-0.05, 0) is 78.6 Å². The fourth-order valence-corrected chi connectivity index (χ4v) is 5.26. The minimum absolute atomic E-state index is 0.114. The number of carbonyl (C=O) groups is 1. The summed E-state index contributed by atoms with van der Waals surface area (Å²) in [7, 11) is 0. The maximum Gasteiger partial charge on any atom is 0.253 e. The second-order valence-corrected chi connectivity index (χ2v) is 9.69. The Balaban J connectivity index is 1.29. The molecule has 5 aromatic heterocycles. The second-order valence-electron chi connectivity index (χ2n) is 9.69. The van der Waals surface area contributed by atoms with Crippen LogP contribution in [0.2, 0.25) is 0 Å². The van der Waals surface area contributed by atoms with Gasteiger partial charge in [0.1, 0.15) is 17.0 Å². The van der Waals surface area contributed by atoms with Gasteiger partial charge in [-0.3, -0.25) is 9.36 Å². The largest absolute Gasteiger partial charge is 0.383 e. The van der Waals surface area contributed by atoms with Gasteiger partial charge in [0.2, 0.25) is 0 Å². The number of anilines is 1. The molecule has 0 fully saturated rings. The van der Waals surface area contributed by atoms with Gasteiger partial charge in [0, 0.05) is 30.5 Å². The smallest absolute Gasteiger partial charge is 0.253 e. The van der Waals surface area contributed by atoms with E-state index in [0.717, 1.165) is 29.7 Å². The number of aromatic nitrogens is 7. The van der Waals surface area contributed by atoms with E-state index in [9.17, 15) is 4.79 Å². The summed E-state index contributed by atoms with van der Waals surface area (Å²) in [6.45, 7) is 0. The number of aryl methyl sites for hydroxylation is 1. The second kappa shape index (κ2) is 9.73. The third-order valence-electron chi connectivity index (χ3n) is 7.25.